The standard InChI is InChI=1S/C30H50O2/c1-18(2)19-11-13-27(5)15-16-29(7)20(24(19)27)9-10-22-28(6)14-12-23(32)26(3,4)25(28)21(31)17-30(22,29)8/h19-25,31-32H,1,9-17H2,2-8H3/t19-,20+,21-,22+,23-,24+,25-,27+,28+,29+,30+/m0/s1. The smallest absolute Gasteiger partial charge is 0.0595 e. The summed E-state index contributed by atoms with van der Waals surface area (Å²) in [5.41, 5.74) is 2.25. The zero-order valence-corrected chi connectivity index (χ0v) is 22.0. The van der Waals surface area contributed by atoms with Gasteiger partial charge in [-0.2, -0.15) is 0 Å². The van der Waals surface area contributed by atoms with Crippen molar-refractivity contribution < 1.29 is 10.2 Å². The first-order valence-electron chi connectivity index (χ1n) is 13.7. The van der Waals surface area contributed by atoms with Gasteiger partial charge < -0.3 is 10.2 Å². The normalized spacial score (nSPS) is 58.8. The van der Waals surface area contributed by atoms with Gasteiger partial charge in [-0.05, 0) is 121 Å². The van der Waals surface area contributed by atoms with E-state index in [1.165, 1.54) is 44.1 Å². The zero-order chi connectivity index (χ0) is 23.5. The Morgan fingerprint density at radius 1 is 0.812 bits per heavy atom. The second-order valence-electron chi connectivity index (χ2n) is 14.9. The van der Waals surface area contributed by atoms with Gasteiger partial charge in [-0.25, -0.2) is 0 Å². The fourth-order valence-electron chi connectivity index (χ4n) is 11.7. The molecule has 5 rings (SSSR count). The first-order valence-corrected chi connectivity index (χ1v) is 13.7. The van der Waals surface area contributed by atoms with Gasteiger partial charge in [0.15, 0.2) is 0 Å². The van der Waals surface area contributed by atoms with E-state index in [2.05, 4.69) is 55.0 Å². The van der Waals surface area contributed by atoms with E-state index in [1.54, 1.807) is 0 Å². The number of hydrogen-bond acceptors (Lipinski definition) is 2. The van der Waals surface area contributed by atoms with E-state index in [1.807, 2.05) is 0 Å². The van der Waals surface area contributed by atoms with Crippen LogP contribution in [-0.2, 0) is 0 Å². The zero-order valence-electron chi connectivity index (χ0n) is 22.0. The molecule has 11 atom stereocenters. The van der Waals surface area contributed by atoms with Gasteiger partial charge in [0.05, 0.1) is 12.2 Å². The lowest BCUT2D eigenvalue weighted by molar-refractivity contribution is -0.274. The van der Waals surface area contributed by atoms with E-state index in [-0.39, 0.29) is 39.8 Å². The molecule has 0 bridgehead atoms. The summed E-state index contributed by atoms with van der Waals surface area (Å²) in [7, 11) is 0. The van der Waals surface area contributed by atoms with Crippen molar-refractivity contribution in [2.75, 3.05) is 0 Å². The van der Waals surface area contributed by atoms with E-state index < -0.39 is 0 Å². The van der Waals surface area contributed by atoms with Crippen LogP contribution in [-0.4, -0.2) is 22.4 Å². The Kier molecular flexibility index (Phi) is 5.02. The Hall–Kier alpha value is -0.340. The number of hydrogen-bond donors (Lipinski definition) is 2. The fourth-order valence-corrected chi connectivity index (χ4v) is 11.7. The molecule has 5 aliphatic carbocycles. The van der Waals surface area contributed by atoms with Gasteiger partial charge in [0.25, 0.3) is 0 Å². The van der Waals surface area contributed by atoms with Crippen molar-refractivity contribution in [1.82, 2.24) is 0 Å². The average Bonchev–Trinajstić information content (AvgIpc) is 3.03. The number of aliphatic hydroxyl groups is 2. The monoisotopic (exact) mass is 442 g/mol. The van der Waals surface area contributed by atoms with Crippen LogP contribution in [0, 0.1) is 56.7 Å². The number of allylic oxidation sites excluding steroid dienone is 1. The molecule has 0 aromatic heterocycles. The van der Waals surface area contributed by atoms with Crippen LogP contribution in [0.3, 0.4) is 0 Å². The van der Waals surface area contributed by atoms with E-state index in [0.717, 1.165) is 31.1 Å². The van der Waals surface area contributed by atoms with Gasteiger partial charge >= 0.3 is 0 Å². The van der Waals surface area contributed by atoms with Crippen LogP contribution in [0.25, 0.3) is 0 Å². The van der Waals surface area contributed by atoms with E-state index >= 15 is 0 Å². The van der Waals surface area contributed by atoms with Gasteiger partial charge in [-0.3, -0.25) is 0 Å². The Morgan fingerprint density at radius 2 is 1.50 bits per heavy atom. The molecule has 32 heavy (non-hydrogen) atoms. The number of rotatable bonds is 1. The lowest BCUT2D eigenvalue weighted by Crippen LogP contribution is -2.69. The summed E-state index contributed by atoms with van der Waals surface area (Å²) >= 11 is 0. The number of aliphatic hydroxyl groups excluding tert-OH is 2. The molecule has 182 valence electrons. The maximum absolute atomic E-state index is 11.8. The molecule has 0 aliphatic heterocycles. The summed E-state index contributed by atoms with van der Waals surface area (Å²) in [5, 5.41) is 22.7. The predicted octanol–water partition coefficient (Wildman–Crippen LogP) is 7.00. The molecule has 0 aromatic carbocycles. The Labute approximate surface area is 197 Å². The largest absolute Gasteiger partial charge is 0.393 e. The lowest BCUT2D eigenvalue weighted by atomic mass is 9.32. The van der Waals surface area contributed by atoms with Crippen molar-refractivity contribution >= 4 is 0 Å². The average molecular weight is 443 g/mol. The fraction of sp³-hybridized carbons (Fsp3) is 0.933. The minimum absolute atomic E-state index is 0.118. The quantitative estimate of drug-likeness (QED) is 0.429. The topological polar surface area (TPSA) is 40.5 Å². The first kappa shape index (κ1) is 23.4. The first-order chi connectivity index (χ1) is 14.7. The molecular weight excluding hydrogens is 392 g/mol. The van der Waals surface area contributed by atoms with E-state index in [0.29, 0.717) is 17.3 Å². The molecule has 2 N–H and O–H groups in total. The van der Waals surface area contributed by atoms with E-state index in [4.69, 9.17) is 0 Å². The maximum atomic E-state index is 11.8. The Balaban J connectivity index is 1.58. The highest BCUT2D eigenvalue weighted by atomic mass is 16.3. The molecular formula is C30H50O2. The highest BCUT2D eigenvalue weighted by Gasteiger charge is 2.71. The molecule has 0 spiro atoms. The summed E-state index contributed by atoms with van der Waals surface area (Å²) in [6.07, 6.45) is 10.3. The third-order valence-corrected chi connectivity index (χ3v) is 13.3. The molecule has 5 fully saturated rings. The van der Waals surface area contributed by atoms with Crippen LogP contribution in [0.4, 0.5) is 0 Å². The highest BCUT2D eigenvalue weighted by Crippen LogP contribution is 2.77. The summed E-state index contributed by atoms with van der Waals surface area (Å²) in [4.78, 5) is 0. The summed E-state index contributed by atoms with van der Waals surface area (Å²) < 4.78 is 0. The molecule has 2 nitrogen and oxygen atoms in total. The van der Waals surface area contributed by atoms with Crippen molar-refractivity contribution in [2.24, 2.45) is 56.7 Å². The van der Waals surface area contributed by atoms with Gasteiger partial charge in [-0.1, -0.05) is 53.7 Å². The minimum Gasteiger partial charge on any atom is -0.393 e. The molecule has 0 saturated heterocycles. The third kappa shape index (κ3) is 2.66. The molecule has 0 aromatic rings. The van der Waals surface area contributed by atoms with Gasteiger partial charge in [0.1, 0.15) is 0 Å². The van der Waals surface area contributed by atoms with Crippen molar-refractivity contribution in [3.05, 3.63) is 12.2 Å². The molecule has 5 saturated carbocycles. The van der Waals surface area contributed by atoms with Crippen LogP contribution >= 0.6 is 0 Å². The maximum Gasteiger partial charge on any atom is 0.0595 e. The lowest BCUT2D eigenvalue weighted by Gasteiger charge is -2.73. The Bertz CT molecular complexity index is 801. The predicted molar refractivity (Wildman–Crippen MR) is 132 cm³/mol. The van der Waals surface area contributed by atoms with Crippen LogP contribution in [0.5, 0.6) is 0 Å². The van der Waals surface area contributed by atoms with Crippen molar-refractivity contribution in [2.45, 2.75) is 118 Å². The van der Waals surface area contributed by atoms with Crippen LogP contribution in [0.2, 0.25) is 0 Å². The molecule has 0 heterocycles. The van der Waals surface area contributed by atoms with Crippen LogP contribution in [0.15, 0.2) is 12.2 Å². The summed E-state index contributed by atoms with van der Waals surface area (Å²) in [5.74, 6) is 3.04. The molecule has 2 heteroatoms. The molecule has 0 amide bonds. The van der Waals surface area contributed by atoms with Crippen LogP contribution in [0.1, 0.15) is 106 Å². The summed E-state index contributed by atoms with van der Waals surface area (Å²) in [6, 6.07) is 0. The molecule has 5 aliphatic rings. The second-order valence-corrected chi connectivity index (χ2v) is 14.9. The van der Waals surface area contributed by atoms with Crippen molar-refractivity contribution in [3.8, 4) is 0 Å². The van der Waals surface area contributed by atoms with Crippen LogP contribution < -0.4 is 0 Å². The van der Waals surface area contributed by atoms with E-state index in [9.17, 15) is 10.2 Å². The molecule has 0 unspecified atom stereocenters. The van der Waals surface area contributed by atoms with Crippen molar-refractivity contribution in [3.63, 3.8) is 0 Å². The highest BCUT2D eigenvalue weighted by molar-refractivity contribution is 5.22. The third-order valence-electron chi connectivity index (χ3n) is 13.3. The van der Waals surface area contributed by atoms with Gasteiger partial charge in [-0.15, -0.1) is 0 Å². The van der Waals surface area contributed by atoms with Gasteiger partial charge in [0.2, 0.25) is 0 Å². The summed E-state index contributed by atoms with van der Waals surface area (Å²) in [6.45, 7) is 21.5. The Morgan fingerprint density at radius 3 is 2.16 bits per heavy atom. The second kappa shape index (κ2) is 6.87. The van der Waals surface area contributed by atoms with Gasteiger partial charge in [0, 0.05) is 0 Å². The van der Waals surface area contributed by atoms with Crippen molar-refractivity contribution in [1.29, 1.82) is 0 Å². The number of fused-ring (bicyclic) bond motifs is 7. The molecule has 0 radical (unpaired) electrons. The SMILES string of the molecule is C=C(C)[C@@H]1CC[C@]2(C)CC[C@]3(C)[C@H](CC[C@@H]4[C@@]5(C)CC[C@H](O)C(C)(C)[C@@H]5[C@@H](O)C[C@]43C)[C@@H]12. The minimum atomic E-state index is -0.310.